The molecule has 0 atom stereocenters. The number of nitrogens with zero attached hydrogens (tertiary/aromatic N) is 4. The number of hydrogen-bond donors (Lipinski definition) is 2. The molecule has 0 spiro atoms. The number of fused-ring (bicyclic) bond motifs is 3. The zero-order valence-corrected chi connectivity index (χ0v) is 17.1. The van der Waals surface area contributed by atoms with Crippen LogP contribution in [0.2, 0.25) is 0 Å². The predicted octanol–water partition coefficient (Wildman–Crippen LogP) is 2.57. The van der Waals surface area contributed by atoms with Gasteiger partial charge in [-0.3, -0.25) is 14.6 Å². The Balaban J connectivity index is 1.54. The van der Waals surface area contributed by atoms with Crippen molar-refractivity contribution in [2.24, 2.45) is 0 Å². The highest BCUT2D eigenvalue weighted by Gasteiger charge is 2.16. The molecule has 0 saturated carbocycles. The standard InChI is InChI=1S/C23H18N6O3/c1-32-17-8-5-14(6-9-17)20-21-26-23(31)18-10-7-15(12-19(18)29(21)28-27-20)22(30)25-13-16-4-2-3-11-24-16/h2-12,28H,13H2,1H3,(H,25,30). The summed E-state index contributed by atoms with van der Waals surface area (Å²) in [5.74, 6) is 0.441. The second-order valence-corrected chi connectivity index (χ2v) is 7.10. The highest BCUT2D eigenvalue weighted by atomic mass is 16.5. The molecular formula is C23H18N6O3. The van der Waals surface area contributed by atoms with Gasteiger partial charge in [-0.05, 0) is 54.6 Å². The molecule has 5 aromatic rings. The summed E-state index contributed by atoms with van der Waals surface area (Å²) < 4.78 is 6.80. The quantitative estimate of drug-likeness (QED) is 0.446. The van der Waals surface area contributed by atoms with Gasteiger partial charge in [-0.2, -0.15) is 10.1 Å². The fraction of sp³-hybridized carbons (Fsp3) is 0.0870. The zero-order chi connectivity index (χ0) is 22.1. The van der Waals surface area contributed by atoms with Gasteiger partial charge in [0.15, 0.2) is 5.65 Å². The van der Waals surface area contributed by atoms with Crippen molar-refractivity contribution in [2.45, 2.75) is 6.54 Å². The van der Waals surface area contributed by atoms with E-state index >= 15 is 0 Å². The number of H-pyrrole nitrogens is 1. The molecule has 2 N–H and O–H groups in total. The summed E-state index contributed by atoms with van der Waals surface area (Å²) in [5, 5.41) is 10.5. The third-order valence-electron chi connectivity index (χ3n) is 5.14. The Morgan fingerprint density at radius 2 is 1.97 bits per heavy atom. The van der Waals surface area contributed by atoms with E-state index in [1.54, 1.807) is 36.0 Å². The zero-order valence-electron chi connectivity index (χ0n) is 17.1. The topological polar surface area (TPSA) is 114 Å². The van der Waals surface area contributed by atoms with Gasteiger partial charge in [0, 0.05) is 17.3 Å². The average Bonchev–Trinajstić information content (AvgIpc) is 3.27. The molecule has 9 nitrogen and oxygen atoms in total. The van der Waals surface area contributed by atoms with Crippen molar-refractivity contribution in [1.82, 2.24) is 30.1 Å². The summed E-state index contributed by atoms with van der Waals surface area (Å²) in [6, 6.07) is 17.7. The summed E-state index contributed by atoms with van der Waals surface area (Å²) in [6.07, 6.45) is 1.67. The molecule has 0 unspecified atom stereocenters. The number of aromatic nitrogens is 5. The molecule has 32 heavy (non-hydrogen) atoms. The van der Waals surface area contributed by atoms with E-state index in [-0.39, 0.29) is 5.91 Å². The van der Waals surface area contributed by atoms with Crippen LogP contribution in [0.25, 0.3) is 27.8 Å². The molecule has 2 aromatic carbocycles. The van der Waals surface area contributed by atoms with Crippen LogP contribution in [0, 0.1) is 0 Å². The third-order valence-corrected chi connectivity index (χ3v) is 5.14. The Labute approximate surface area is 181 Å². The highest BCUT2D eigenvalue weighted by Crippen LogP contribution is 2.24. The number of amides is 1. The minimum atomic E-state index is -0.392. The summed E-state index contributed by atoms with van der Waals surface area (Å²) >= 11 is 0. The smallest absolute Gasteiger partial charge is 0.281 e. The number of hydrogen-bond acceptors (Lipinski definition) is 6. The lowest BCUT2D eigenvalue weighted by atomic mass is 10.1. The predicted molar refractivity (Wildman–Crippen MR) is 119 cm³/mol. The Morgan fingerprint density at radius 1 is 1.12 bits per heavy atom. The molecule has 0 aliphatic heterocycles. The molecule has 3 heterocycles. The number of rotatable bonds is 5. The van der Waals surface area contributed by atoms with E-state index < -0.39 is 5.56 Å². The largest absolute Gasteiger partial charge is 0.497 e. The van der Waals surface area contributed by atoms with Gasteiger partial charge >= 0.3 is 0 Å². The molecule has 9 heteroatoms. The Bertz CT molecular complexity index is 1490. The maximum atomic E-state index is 12.7. The van der Waals surface area contributed by atoms with E-state index in [0.29, 0.717) is 40.1 Å². The van der Waals surface area contributed by atoms with Crippen LogP contribution in [-0.2, 0) is 6.54 Å². The second kappa shape index (κ2) is 7.95. The van der Waals surface area contributed by atoms with Crippen molar-refractivity contribution in [2.75, 3.05) is 7.11 Å². The van der Waals surface area contributed by atoms with Crippen molar-refractivity contribution in [1.29, 1.82) is 0 Å². The monoisotopic (exact) mass is 426 g/mol. The number of nitrogens with one attached hydrogen (secondary N) is 2. The van der Waals surface area contributed by atoms with E-state index in [9.17, 15) is 9.59 Å². The van der Waals surface area contributed by atoms with Crippen LogP contribution >= 0.6 is 0 Å². The fourth-order valence-corrected chi connectivity index (χ4v) is 3.49. The second-order valence-electron chi connectivity index (χ2n) is 7.10. The number of carbonyl (C=O) groups is 1. The molecule has 0 saturated heterocycles. The third kappa shape index (κ3) is 3.45. The van der Waals surface area contributed by atoms with Gasteiger partial charge in [-0.25, -0.2) is 9.73 Å². The summed E-state index contributed by atoms with van der Waals surface area (Å²) in [4.78, 5) is 33.8. The fourth-order valence-electron chi connectivity index (χ4n) is 3.49. The Kier molecular flexibility index (Phi) is 4.83. The van der Waals surface area contributed by atoms with Gasteiger partial charge < -0.3 is 10.1 Å². The minimum Gasteiger partial charge on any atom is -0.497 e. The van der Waals surface area contributed by atoms with Crippen LogP contribution < -0.4 is 15.6 Å². The summed E-state index contributed by atoms with van der Waals surface area (Å²) in [5.41, 5.74) is 2.96. The first-order valence-corrected chi connectivity index (χ1v) is 9.87. The molecule has 0 fully saturated rings. The molecule has 0 aliphatic rings. The first kappa shape index (κ1) is 19.4. The van der Waals surface area contributed by atoms with E-state index in [4.69, 9.17) is 4.74 Å². The van der Waals surface area contributed by atoms with Gasteiger partial charge in [0.1, 0.15) is 11.4 Å². The maximum Gasteiger partial charge on any atom is 0.281 e. The lowest BCUT2D eigenvalue weighted by Gasteiger charge is -2.07. The lowest BCUT2D eigenvalue weighted by molar-refractivity contribution is 0.0950. The molecule has 0 bridgehead atoms. The van der Waals surface area contributed by atoms with E-state index in [0.717, 1.165) is 11.3 Å². The number of carbonyl (C=O) groups excluding carboxylic acids is 1. The van der Waals surface area contributed by atoms with Crippen LogP contribution in [0.4, 0.5) is 0 Å². The van der Waals surface area contributed by atoms with E-state index in [1.165, 1.54) is 0 Å². The van der Waals surface area contributed by atoms with Crippen molar-refractivity contribution < 1.29 is 9.53 Å². The number of methoxy groups -OCH3 is 1. The maximum absolute atomic E-state index is 12.7. The molecular weight excluding hydrogens is 408 g/mol. The molecule has 1 amide bonds. The van der Waals surface area contributed by atoms with Crippen LogP contribution in [0.1, 0.15) is 16.1 Å². The average molecular weight is 426 g/mol. The normalized spacial score (nSPS) is 11.0. The van der Waals surface area contributed by atoms with Crippen molar-refractivity contribution in [3.05, 3.63) is 88.5 Å². The SMILES string of the molecule is COc1ccc(-c2n[nH]n3c2nc(=O)c2ccc(C(=O)NCc4ccccn4)cc23)cc1. The van der Waals surface area contributed by atoms with Crippen LogP contribution in [0.15, 0.2) is 71.7 Å². The van der Waals surface area contributed by atoms with Gasteiger partial charge in [-0.1, -0.05) is 6.07 Å². The first-order chi connectivity index (χ1) is 15.6. The Morgan fingerprint density at radius 3 is 2.72 bits per heavy atom. The van der Waals surface area contributed by atoms with Gasteiger partial charge in [0.25, 0.3) is 11.5 Å². The molecule has 5 rings (SSSR count). The number of benzene rings is 2. The number of ether oxygens (including phenoxy) is 1. The van der Waals surface area contributed by atoms with Gasteiger partial charge in [-0.15, -0.1) is 0 Å². The van der Waals surface area contributed by atoms with Crippen molar-refractivity contribution in [3.63, 3.8) is 0 Å². The molecule has 0 radical (unpaired) electrons. The minimum absolute atomic E-state index is 0.273. The van der Waals surface area contributed by atoms with Crippen molar-refractivity contribution in [3.8, 4) is 17.0 Å². The van der Waals surface area contributed by atoms with Crippen LogP contribution in [0.5, 0.6) is 5.75 Å². The number of pyridine rings is 1. The lowest BCUT2D eigenvalue weighted by Crippen LogP contribution is -2.23. The van der Waals surface area contributed by atoms with E-state index in [1.807, 2.05) is 42.5 Å². The Hall–Kier alpha value is -4.53. The summed E-state index contributed by atoms with van der Waals surface area (Å²) in [6.45, 7) is 0.301. The van der Waals surface area contributed by atoms with Gasteiger partial charge in [0.2, 0.25) is 0 Å². The van der Waals surface area contributed by atoms with Crippen LogP contribution in [0.3, 0.4) is 0 Å². The molecule has 3 aromatic heterocycles. The summed E-state index contributed by atoms with van der Waals surface area (Å²) in [7, 11) is 1.59. The van der Waals surface area contributed by atoms with Gasteiger partial charge in [0.05, 0.1) is 30.3 Å². The van der Waals surface area contributed by atoms with Crippen LogP contribution in [-0.4, -0.2) is 37.8 Å². The van der Waals surface area contributed by atoms with Crippen molar-refractivity contribution >= 4 is 22.5 Å². The molecule has 0 aliphatic carbocycles. The first-order valence-electron chi connectivity index (χ1n) is 9.87. The molecule has 158 valence electrons. The van der Waals surface area contributed by atoms with E-state index in [2.05, 4.69) is 25.6 Å². The number of aromatic amines is 1. The highest BCUT2D eigenvalue weighted by molar-refractivity contribution is 5.98.